The van der Waals surface area contributed by atoms with Gasteiger partial charge in [0, 0.05) is 32.4 Å². The molecule has 1 heterocycles. The summed E-state index contributed by atoms with van der Waals surface area (Å²) in [6.07, 6.45) is 2.07. The van der Waals surface area contributed by atoms with Gasteiger partial charge >= 0.3 is 0 Å². The van der Waals surface area contributed by atoms with Crippen molar-refractivity contribution in [1.29, 1.82) is 0 Å². The summed E-state index contributed by atoms with van der Waals surface area (Å²) >= 11 is 0. The summed E-state index contributed by atoms with van der Waals surface area (Å²) in [6, 6.07) is 2.10. The van der Waals surface area contributed by atoms with Crippen molar-refractivity contribution in [3.8, 4) is 0 Å². The first kappa shape index (κ1) is 15.2. The number of aliphatic hydroxyl groups excluding tert-OH is 1. The predicted molar refractivity (Wildman–Crippen MR) is 72.6 cm³/mol. The number of nitrogens with zero attached hydrogens (tertiary/aromatic N) is 2. The molecule has 0 aliphatic carbocycles. The second-order valence-electron chi connectivity index (χ2n) is 4.95. The zero-order valence-electron chi connectivity index (χ0n) is 12.0. The zero-order valence-corrected chi connectivity index (χ0v) is 12.0. The third kappa shape index (κ3) is 4.42. The second kappa shape index (κ2) is 7.54. The van der Waals surface area contributed by atoms with Crippen molar-refractivity contribution in [1.82, 2.24) is 9.78 Å². The molecule has 2 atom stereocenters. The molecule has 4 nitrogen and oxygen atoms in total. The Hall–Kier alpha value is -0.870. The van der Waals surface area contributed by atoms with Crippen LogP contribution >= 0.6 is 0 Å². The Bertz CT molecular complexity index is 350. The van der Waals surface area contributed by atoms with Crippen LogP contribution in [0.2, 0.25) is 0 Å². The van der Waals surface area contributed by atoms with E-state index in [-0.39, 0.29) is 6.10 Å². The number of aryl methyl sites for hydroxylation is 2. The van der Waals surface area contributed by atoms with Crippen LogP contribution in [0.3, 0.4) is 0 Å². The van der Waals surface area contributed by atoms with Crippen molar-refractivity contribution in [3.63, 3.8) is 0 Å². The summed E-state index contributed by atoms with van der Waals surface area (Å²) < 4.78 is 7.08. The summed E-state index contributed by atoms with van der Waals surface area (Å²) in [5.74, 6) is 0.383. The molecule has 0 spiro atoms. The van der Waals surface area contributed by atoms with Gasteiger partial charge in [0.05, 0.1) is 11.8 Å². The van der Waals surface area contributed by atoms with E-state index in [2.05, 4.69) is 31.9 Å². The van der Waals surface area contributed by atoms with Gasteiger partial charge in [0.2, 0.25) is 0 Å². The molecule has 104 valence electrons. The molecule has 1 aromatic rings. The summed E-state index contributed by atoms with van der Waals surface area (Å²) in [7, 11) is 1.70. The van der Waals surface area contributed by atoms with Crippen molar-refractivity contribution in [2.45, 2.75) is 52.7 Å². The van der Waals surface area contributed by atoms with Gasteiger partial charge in [0.15, 0.2) is 0 Å². The molecule has 0 aliphatic heterocycles. The van der Waals surface area contributed by atoms with Crippen LogP contribution in [-0.2, 0) is 24.1 Å². The number of hydrogen-bond donors (Lipinski definition) is 1. The largest absolute Gasteiger partial charge is 0.393 e. The lowest BCUT2D eigenvalue weighted by Gasteiger charge is -2.16. The van der Waals surface area contributed by atoms with E-state index < -0.39 is 0 Å². The van der Waals surface area contributed by atoms with Gasteiger partial charge in [0.25, 0.3) is 0 Å². The number of hydrogen-bond acceptors (Lipinski definition) is 3. The average Bonchev–Trinajstić information content (AvgIpc) is 2.71. The van der Waals surface area contributed by atoms with Crippen molar-refractivity contribution in [2.24, 2.45) is 5.92 Å². The predicted octanol–water partition coefficient (Wildman–Crippen LogP) is 2.04. The first-order valence-corrected chi connectivity index (χ1v) is 6.83. The maximum atomic E-state index is 10.1. The van der Waals surface area contributed by atoms with Crippen LogP contribution in [0, 0.1) is 5.92 Å². The maximum absolute atomic E-state index is 10.1. The normalized spacial score (nSPS) is 14.7. The fourth-order valence-electron chi connectivity index (χ4n) is 2.27. The molecule has 1 N–H and O–H groups in total. The molecule has 1 rings (SSSR count). The third-order valence-electron chi connectivity index (χ3n) is 3.15. The van der Waals surface area contributed by atoms with Crippen molar-refractivity contribution >= 4 is 0 Å². The van der Waals surface area contributed by atoms with Crippen LogP contribution in [0.15, 0.2) is 6.07 Å². The fraction of sp³-hybridized carbons (Fsp3) is 0.786. The molecule has 0 saturated carbocycles. The molecule has 4 heteroatoms. The highest BCUT2D eigenvalue weighted by molar-refractivity contribution is 5.11. The van der Waals surface area contributed by atoms with Crippen LogP contribution in [-0.4, -0.2) is 34.7 Å². The Balaban J connectivity index is 2.57. The summed E-state index contributed by atoms with van der Waals surface area (Å²) in [5, 5.41) is 14.6. The van der Waals surface area contributed by atoms with Crippen LogP contribution < -0.4 is 0 Å². The van der Waals surface area contributed by atoms with Crippen LogP contribution in [0.4, 0.5) is 0 Å². The highest BCUT2D eigenvalue weighted by Gasteiger charge is 2.14. The van der Waals surface area contributed by atoms with E-state index in [4.69, 9.17) is 4.74 Å². The number of rotatable bonds is 8. The zero-order chi connectivity index (χ0) is 13.5. The lowest BCUT2D eigenvalue weighted by molar-refractivity contribution is 0.100. The smallest absolute Gasteiger partial charge is 0.0624 e. The molecule has 18 heavy (non-hydrogen) atoms. The summed E-state index contributed by atoms with van der Waals surface area (Å²) in [6.45, 7) is 7.83. The van der Waals surface area contributed by atoms with E-state index in [9.17, 15) is 5.11 Å². The van der Waals surface area contributed by atoms with E-state index in [1.54, 1.807) is 7.11 Å². The third-order valence-corrected chi connectivity index (χ3v) is 3.15. The molecule has 0 fully saturated rings. The Kier molecular flexibility index (Phi) is 6.36. The average molecular weight is 254 g/mol. The van der Waals surface area contributed by atoms with Gasteiger partial charge in [-0.05, 0) is 31.7 Å². The monoisotopic (exact) mass is 254 g/mol. The van der Waals surface area contributed by atoms with E-state index in [1.807, 2.05) is 4.68 Å². The minimum Gasteiger partial charge on any atom is -0.393 e. The number of methoxy groups -OCH3 is 1. The lowest BCUT2D eigenvalue weighted by atomic mass is 10.0. The number of ether oxygens (including phenoxy) is 1. The molecule has 0 bridgehead atoms. The Morgan fingerprint density at radius 3 is 2.72 bits per heavy atom. The van der Waals surface area contributed by atoms with Gasteiger partial charge in [-0.25, -0.2) is 0 Å². The van der Waals surface area contributed by atoms with E-state index >= 15 is 0 Å². The van der Waals surface area contributed by atoms with Crippen molar-refractivity contribution < 1.29 is 9.84 Å². The van der Waals surface area contributed by atoms with Crippen LogP contribution in [0.1, 0.15) is 38.6 Å². The molecule has 1 aromatic heterocycles. The maximum Gasteiger partial charge on any atom is 0.0624 e. The fourth-order valence-corrected chi connectivity index (χ4v) is 2.27. The van der Waals surface area contributed by atoms with Gasteiger partial charge in [-0.3, -0.25) is 4.68 Å². The Morgan fingerprint density at radius 2 is 2.17 bits per heavy atom. The number of aromatic nitrogens is 2. The molecular weight excluding hydrogens is 228 g/mol. The van der Waals surface area contributed by atoms with Gasteiger partial charge < -0.3 is 9.84 Å². The van der Waals surface area contributed by atoms with Crippen LogP contribution in [0.25, 0.3) is 0 Å². The first-order chi connectivity index (χ1) is 8.60. The highest BCUT2D eigenvalue weighted by atomic mass is 16.5. The van der Waals surface area contributed by atoms with Gasteiger partial charge in [0.1, 0.15) is 0 Å². The molecule has 0 radical (unpaired) electrons. The summed E-state index contributed by atoms with van der Waals surface area (Å²) in [4.78, 5) is 0. The second-order valence-corrected chi connectivity index (χ2v) is 4.95. The molecule has 0 aliphatic rings. The van der Waals surface area contributed by atoms with Crippen molar-refractivity contribution in [3.05, 3.63) is 17.5 Å². The van der Waals surface area contributed by atoms with E-state index in [1.165, 1.54) is 0 Å². The lowest BCUT2D eigenvalue weighted by Crippen LogP contribution is -2.19. The van der Waals surface area contributed by atoms with Crippen LogP contribution in [0.5, 0.6) is 0 Å². The van der Waals surface area contributed by atoms with Gasteiger partial charge in [-0.15, -0.1) is 0 Å². The number of aliphatic hydroxyl groups is 1. The molecule has 0 aromatic carbocycles. The topological polar surface area (TPSA) is 47.3 Å². The molecule has 0 amide bonds. The summed E-state index contributed by atoms with van der Waals surface area (Å²) in [5.41, 5.74) is 2.23. The Labute approximate surface area is 110 Å². The standard InChI is InChI=1S/C14H26N2O2/c1-5-12-8-13(16(6-2)15-12)9-14(17)7-11(3)10-18-4/h8,11,14,17H,5-7,9-10H2,1-4H3. The quantitative estimate of drug-likeness (QED) is 0.772. The molecular formula is C14H26N2O2. The van der Waals surface area contributed by atoms with Gasteiger partial charge in [-0.1, -0.05) is 13.8 Å². The van der Waals surface area contributed by atoms with Gasteiger partial charge in [-0.2, -0.15) is 5.10 Å². The van der Waals surface area contributed by atoms with Crippen molar-refractivity contribution in [2.75, 3.05) is 13.7 Å². The minimum atomic E-state index is -0.318. The SMILES string of the molecule is CCc1cc(CC(O)CC(C)COC)n(CC)n1. The minimum absolute atomic E-state index is 0.318. The molecule has 0 saturated heterocycles. The highest BCUT2D eigenvalue weighted by Crippen LogP contribution is 2.13. The molecule has 2 unspecified atom stereocenters. The van der Waals surface area contributed by atoms with E-state index in [0.717, 1.165) is 30.8 Å². The van der Waals surface area contributed by atoms with E-state index in [0.29, 0.717) is 18.9 Å². The first-order valence-electron chi connectivity index (χ1n) is 6.83. The Morgan fingerprint density at radius 1 is 1.44 bits per heavy atom.